The molecule has 146 valence electrons. The van der Waals surface area contributed by atoms with Crippen LogP contribution in [0.5, 0.6) is 5.75 Å². The molecule has 27 heavy (non-hydrogen) atoms. The number of piperazine rings is 1. The predicted molar refractivity (Wildman–Crippen MR) is 99.6 cm³/mol. The largest absolute Gasteiger partial charge is 0.495 e. The van der Waals surface area contributed by atoms with Gasteiger partial charge in [-0.15, -0.1) is 0 Å². The van der Waals surface area contributed by atoms with Crippen molar-refractivity contribution >= 4 is 27.8 Å². The highest BCUT2D eigenvalue weighted by atomic mass is 32.2. The fourth-order valence-corrected chi connectivity index (χ4v) is 4.50. The summed E-state index contributed by atoms with van der Waals surface area (Å²) in [6, 6.07) is 5.31. The van der Waals surface area contributed by atoms with E-state index in [1.54, 1.807) is 30.9 Å². The minimum atomic E-state index is -3.88. The lowest BCUT2D eigenvalue weighted by molar-refractivity contribution is -0.118. The van der Waals surface area contributed by atoms with Gasteiger partial charge in [0.2, 0.25) is 6.41 Å². The molecule has 0 atom stereocenters. The van der Waals surface area contributed by atoms with Gasteiger partial charge >= 0.3 is 0 Å². The second-order valence-corrected chi connectivity index (χ2v) is 7.89. The topological polar surface area (TPSA) is 105 Å². The number of carbonyl (C=O) groups excluding carboxylic acids is 1. The molecule has 1 saturated heterocycles. The van der Waals surface area contributed by atoms with Crippen LogP contribution < -0.4 is 14.4 Å². The highest BCUT2D eigenvalue weighted by Crippen LogP contribution is 2.32. The zero-order valence-electron chi connectivity index (χ0n) is 15.4. The van der Waals surface area contributed by atoms with Gasteiger partial charge in [0.05, 0.1) is 12.8 Å². The summed E-state index contributed by atoms with van der Waals surface area (Å²) < 4.78 is 38.5. The second-order valence-electron chi connectivity index (χ2n) is 6.27. The Hall–Kier alpha value is -2.75. The monoisotopic (exact) mass is 394 g/mol. The molecular formula is C17H22N4O5S. The van der Waals surface area contributed by atoms with Crippen LogP contribution in [0, 0.1) is 13.8 Å². The van der Waals surface area contributed by atoms with Crippen LogP contribution in [-0.2, 0) is 14.8 Å². The van der Waals surface area contributed by atoms with Gasteiger partial charge in [-0.05, 0) is 32.0 Å². The summed E-state index contributed by atoms with van der Waals surface area (Å²) in [6.07, 6.45) is 0.842. The van der Waals surface area contributed by atoms with Crippen LogP contribution in [0.25, 0.3) is 0 Å². The van der Waals surface area contributed by atoms with Crippen molar-refractivity contribution in [2.75, 3.05) is 42.9 Å². The van der Waals surface area contributed by atoms with Crippen molar-refractivity contribution in [3.05, 3.63) is 29.7 Å². The number of anilines is 2. The van der Waals surface area contributed by atoms with Gasteiger partial charge in [0.25, 0.3) is 10.0 Å². The summed E-state index contributed by atoms with van der Waals surface area (Å²) in [5, 5.41) is 3.71. The lowest BCUT2D eigenvalue weighted by atomic mass is 10.2. The van der Waals surface area contributed by atoms with Gasteiger partial charge in [0, 0.05) is 31.9 Å². The van der Waals surface area contributed by atoms with E-state index < -0.39 is 10.0 Å². The molecule has 0 bridgehead atoms. The Kier molecular flexibility index (Phi) is 5.26. The van der Waals surface area contributed by atoms with Crippen LogP contribution in [0.4, 0.5) is 11.4 Å². The number of hydrogen-bond acceptors (Lipinski definition) is 7. The SMILES string of the molecule is COc1ccc(N2CCN(C=O)CC2)cc1NS(=O)(=O)c1c(C)noc1C. The molecule has 1 amide bonds. The maximum atomic E-state index is 12.8. The summed E-state index contributed by atoms with van der Waals surface area (Å²) in [5.74, 6) is 0.626. The third-order valence-electron chi connectivity index (χ3n) is 4.49. The first-order chi connectivity index (χ1) is 12.9. The Balaban J connectivity index is 1.89. The lowest BCUT2D eigenvalue weighted by Crippen LogP contribution is -2.45. The predicted octanol–water partition coefficient (Wildman–Crippen LogP) is 1.38. The van der Waals surface area contributed by atoms with Gasteiger partial charge < -0.3 is 19.1 Å². The van der Waals surface area contributed by atoms with E-state index in [-0.39, 0.29) is 10.7 Å². The molecule has 0 saturated carbocycles. The fraction of sp³-hybridized carbons (Fsp3) is 0.412. The average Bonchev–Trinajstić information content (AvgIpc) is 3.00. The number of rotatable bonds is 6. The zero-order chi connectivity index (χ0) is 19.6. The van der Waals surface area contributed by atoms with Gasteiger partial charge in [-0.2, -0.15) is 0 Å². The number of nitrogens with one attached hydrogen (secondary N) is 1. The molecule has 1 aliphatic heterocycles. The van der Waals surface area contributed by atoms with E-state index in [9.17, 15) is 13.2 Å². The van der Waals surface area contributed by atoms with Gasteiger partial charge in [-0.1, -0.05) is 5.16 Å². The van der Waals surface area contributed by atoms with E-state index in [4.69, 9.17) is 9.26 Å². The molecule has 1 fully saturated rings. The number of aryl methyl sites for hydroxylation is 2. The number of ether oxygens (including phenoxy) is 1. The molecule has 1 N–H and O–H groups in total. The lowest BCUT2D eigenvalue weighted by Gasteiger charge is -2.34. The first kappa shape index (κ1) is 19.0. The van der Waals surface area contributed by atoms with E-state index in [1.807, 2.05) is 6.07 Å². The van der Waals surface area contributed by atoms with Crippen molar-refractivity contribution in [2.24, 2.45) is 0 Å². The molecule has 9 nitrogen and oxygen atoms in total. The van der Waals surface area contributed by atoms with Gasteiger partial charge in [0.1, 0.15) is 11.4 Å². The molecule has 10 heteroatoms. The van der Waals surface area contributed by atoms with Crippen LogP contribution in [0.15, 0.2) is 27.6 Å². The van der Waals surface area contributed by atoms with Crippen molar-refractivity contribution in [3.63, 3.8) is 0 Å². The quantitative estimate of drug-likeness (QED) is 0.738. The summed E-state index contributed by atoms with van der Waals surface area (Å²) in [7, 11) is -2.41. The van der Waals surface area contributed by atoms with Crippen LogP contribution in [0.3, 0.4) is 0 Å². The van der Waals surface area contributed by atoms with Crippen molar-refractivity contribution in [1.29, 1.82) is 0 Å². The normalized spacial score (nSPS) is 14.9. The Labute approximate surface area is 157 Å². The molecular weight excluding hydrogens is 372 g/mol. The molecule has 0 spiro atoms. The third-order valence-corrected chi connectivity index (χ3v) is 6.10. The van der Waals surface area contributed by atoms with Crippen molar-refractivity contribution < 1.29 is 22.5 Å². The second kappa shape index (κ2) is 7.47. The number of carbonyl (C=O) groups is 1. The molecule has 2 aromatic rings. The summed E-state index contributed by atoms with van der Waals surface area (Å²) in [4.78, 5) is 14.7. The third kappa shape index (κ3) is 3.85. The van der Waals surface area contributed by atoms with E-state index >= 15 is 0 Å². The smallest absolute Gasteiger partial charge is 0.267 e. The summed E-state index contributed by atoms with van der Waals surface area (Å²) >= 11 is 0. The maximum Gasteiger partial charge on any atom is 0.267 e. The number of sulfonamides is 1. The van der Waals surface area contributed by atoms with E-state index in [2.05, 4.69) is 14.8 Å². The van der Waals surface area contributed by atoms with Crippen LogP contribution in [0.1, 0.15) is 11.5 Å². The molecule has 0 radical (unpaired) electrons. The summed E-state index contributed by atoms with van der Waals surface area (Å²) in [6.45, 7) is 5.70. The fourth-order valence-electron chi connectivity index (χ4n) is 3.11. The molecule has 0 unspecified atom stereocenters. The molecule has 2 heterocycles. The maximum absolute atomic E-state index is 12.8. The van der Waals surface area contributed by atoms with Crippen molar-refractivity contribution in [1.82, 2.24) is 10.1 Å². The molecule has 0 aliphatic carbocycles. The van der Waals surface area contributed by atoms with Gasteiger partial charge in [-0.25, -0.2) is 8.42 Å². The van der Waals surface area contributed by atoms with Gasteiger partial charge in [-0.3, -0.25) is 9.52 Å². The highest BCUT2D eigenvalue weighted by molar-refractivity contribution is 7.92. The summed E-state index contributed by atoms with van der Waals surface area (Å²) in [5.41, 5.74) is 1.46. The Bertz CT molecular complexity index is 913. The number of benzene rings is 1. The highest BCUT2D eigenvalue weighted by Gasteiger charge is 2.26. The number of aromatic nitrogens is 1. The van der Waals surface area contributed by atoms with E-state index in [0.29, 0.717) is 43.3 Å². The van der Waals surface area contributed by atoms with Crippen LogP contribution in [0.2, 0.25) is 0 Å². The number of amides is 1. The Morgan fingerprint density at radius 1 is 1.22 bits per heavy atom. The molecule has 1 aromatic heterocycles. The van der Waals surface area contributed by atoms with Crippen molar-refractivity contribution in [3.8, 4) is 5.75 Å². The van der Waals surface area contributed by atoms with E-state index in [1.165, 1.54) is 7.11 Å². The number of methoxy groups -OCH3 is 1. The van der Waals surface area contributed by atoms with Crippen molar-refractivity contribution in [2.45, 2.75) is 18.7 Å². The Morgan fingerprint density at radius 2 is 1.93 bits per heavy atom. The van der Waals surface area contributed by atoms with E-state index in [0.717, 1.165) is 12.1 Å². The minimum Gasteiger partial charge on any atom is -0.495 e. The molecule has 1 aliphatic rings. The minimum absolute atomic E-state index is 0.0227. The zero-order valence-corrected chi connectivity index (χ0v) is 16.2. The van der Waals surface area contributed by atoms with Gasteiger partial charge in [0.15, 0.2) is 10.7 Å². The standard InChI is InChI=1S/C17H22N4O5S/c1-12-17(13(2)26-18-12)27(23,24)19-15-10-14(4-5-16(15)25-3)21-8-6-20(11-22)7-9-21/h4-5,10-11,19H,6-9H2,1-3H3. The first-order valence-electron chi connectivity index (χ1n) is 8.43. The first-order valence-corrected chi connectivity index (χ1v) is 9.92. The van der Waals surface area contributed by atoms with Crippen LogP contribution >= 0.6 is 0 Å². The molecule has 3 rings (SSSR count). The molecule has 1 aromatic carbocycles. The number of hydrogen-bond donors (Lipinski definition) is 1. The Morgan fingerprint density at radius 3 is 2.48 bits per heavy atom. The average molecular weight is 394 g/mol. The van der Waals surface area contributed by atoms with Crippen LogP contribution in [-0.4, -0.2) is 58.2 Å². The number of nitrogens with zero attached hydrogens (tertiary/aromatic N) is 3.